The second-order valence-electron chi connectivity index (χ2n) is 12.6. The van der Waals surface area contributed by atoms with Gasteiger partial charge >= 0.3 is 19.8 Å². The third-order valence-electron chi connectivity index (χ3n) is 7.80. The minimum Gasteiger partial charge on any atom is -0.462 e. The van der Waals surface area contributed by atoms with E-state index in [1.807, 2.05) is 36.5 Å². The van der Waals surface area contributed by atoms with Gasteiger partial charge in [-0.2, -0.15) is 0 Å². The Balaban J connectivity index is 4.41. The van der Waals surface area contributed by atoms with Gasteiger partial charge in [0.25, 0.3) is 0 Å². The Bertz CT molecular complexity index is 983. The molecule has 0 heterocycles. The van der Waals surface area contributed by atoms with Crippen LogP contribution in [-0.2, 0) is 32.7 Å². The number of carbonyl (C=O) groups is 2. The topological polar surface area (TPSA) is 155 Å². The van der Waals surface area contributed by atoms with Crippen LogP contribution in [0.3, 0.4) is 0 Å². The van der Waals surface area contributed by atoms with Crippen molar-refractivity contribution in [3.8, 4) is 0 Å². The molecule has 0 saturated heterocycles. The highest BCUT2D eigenvalue weighted by atomic mass is 31.2. The van der Waals surface area contributed by atoms with Crippen molar-refractivity contribution >= 4 is 19.8 Å². The number of allylic oxidation sites excluding steroid dienone is 6. The monoisotopic (exact) mass is 727 g/mol. The summed E-state index contributed by atoms with van der Waals surface area (Å²) in [4.78, 5) is 34.7. The number of hydrogen-bond donors (Lipinski definition) is 3. The zero-order valence-electron chi connectivity index (χ0n) is 31.2. The molecule has 0 aromatic rings. The molecule has 0 bridgehead atoms. The average molecular weight is 728 g/mol. The summed E-state index contributed by atoms with van der Waals surface area (Å²) in [5, 5.41) is 10.0. The fraction of sp³-hybridized carbons (Fsp3) is 0.744. The van der Waals surface area contributed by atoms with Gasteiger partial charge in [-0.05, 0) is 44.9 Å². The quantitative estimate of drug-likeness (QED) is 0.0189. The molecule has 0 aliphatic carbocycles. The second-order valence-corrected chi connectivity index (χ2v) is 14.1. The molecule has 0 spiro atoms. The van der Waals surface area contributed by atoms with Crippen LogP contribution in [-0.4, -0.2) is 60.5 Å². The highest BCUT2D eigenvalue weighted by Gasteiger charge is 2.25. The lowest BCUT2D eigenvalue weighted by atomic mass is 10.1. The maximum atomic E-state index is 12.5. The van der Waals surface area contributed by atoms with Crippen LogP contribution >= 0.6 is 7.82 Å². The molecule has 0 amide bonds. The fourth-order valence-corrected chi connectivity index (χ4v) is 5.65. The van der Waals surface area contributed by atoms with Gasteiger partial charge in [0, 0.05) is 19.4 Å². The van der Waals surface area contributed by atoms with Crippen LogP contribution < -0.4 is 5.73 Å². The first-order chi connectivity index (χ1) is 24.2. The molecule has 1 unspecified atom stereocenters. The lowest BCUT2D eigenvalue weighted by Gasteiger charge is -2.19. The molecular weight excluding hydrogens is 657 g/mol. The minimum atomic E-state index is -4.40. The number of esters is 2. The van der Waals surface area contributed by atoms with E-state index in [9.17, 15) is 24.2 Å². The predicted octanol–water partition coefficient (Wildman–Crippen LogP) is 9.35. The highest BCUT2D eigenvalue weighted by molar-refractivity contribution is 7.47. The van der Waals surface area contributed by atoms with Crippen molar-refractivity contribution in [1.82, 2.24) is 0 Å². The van der Waals surface area contributed by atoms with Gasteiger partial charge in [-0.1, -0.05) is 140 Å². The van der Waals surface area contributed by atoms with E-state index in [0.29, 0.717) is 19.3 Å². The smallest absolute Gasteiger partial charge is 0.462 e. The number of phosphoric acid groups is 1. The first-order valence-electron chi connectivity index (χ1n) is 19.2. The van der Waals surface area contributed by atoms with Crippen molar-refractivity contribution in [2.45, 2.75) is 161 Å². The van der Waals surface area contributed by atoms with Crippen molar-refractivity contribution in [1.29, 1.82) is 0 Å². The highest BCUT2D eigenvalue weighted by Crippen LogP contribution is 2.43. The van der Waals surface area contributed by atoms with Crippen LogP contribution in [0.4, 0.5) is 0 Å². The Labute approximate surface area is 303 Å². The van der Waals surface area contributed by atoms with Gasteiger partial charge < -0.3 is 25.2 Å². The number of hydrogen-bond acceptors (Lipinski definition) is 9. The van der Waals surface area contributed by atoms with Crippen LogP contribution in [0.1, 0.15) is 149 Å². The standard InChI is InChI=1S/C39H70NO9P/c1-3-5-7-9-11-12-13-14-18-22-26-30-38(42)46-34-37(35-48-50(44,45)47-33-32-40)49-39(43)31-27-23-19-16-15-17-21-25-29-36(41)28-24-20-10-8-6-4-2/h16-17,19-21,24-25,29,36-37,41H,3-15,18,22-23,26-28,30-35,40H2,1-2H3,(H,44,45)/b19-16-,21-17-,24-20-,29-25+/t36-,37+/m0/s1. The molecule has 3 atom stereocenters. The van der Waals surface area contributed by atoms with E-state index in [2.05, 4.69) is 19.9 Å². The number of aliphatic hydroxyl groups excluding tert-OH is 1. The molecule has 290 valence electrons. The molecule has 0 aromatic heterocycles. The summed E-state index contributed by atoms with van der Waals surface area (Å²) in [5.74, 6) is -0.937. The summed E-state index contributed by atoms with van der Waals surface area (Å²) in [6.07, 6.45) is 34.6. The molecule has 0 fully saturated rings. The zero-order valence-corrected chi connectivity index (χ0v) is 32.1. The molecule has 4 N–H and O–H groups in total. The molecule has 10 nitrogen and oxygen atoms in total. The lowest BCUT2D eigenvalue weighted by Crippen LogP contribution is -2.29. The Kier molecular flexibility index (Phi) is 33.9. The SMILES string of the molecule is CCCCC/C=C\C[C@H](O)/C=C/C=C\C/C=C\CCCC(=O)O[C@H](COC(=O)CCCCCCCCCCCCC)COP(=O)(O)OCCN. The molecule has 11 heteroatoms. The fourth-order valence-electron chi connectivity index (χ4n) is 4.89. The zero-order chi connectivity index (χ0) is 37.0. The van der Waals surface area contributed by atoms with Crippen LogP contribution in [0.15, 0.2) is 48.6 Å². The largest absolute Gasteiger partial charge is 0.472 e. The van der Waals surface area contributed by atoms with Crippen LogP contribution in [0.2, 0.25) is 0 Å². The van der Waals surface area contributed by atoms with Crippen LogP contribution in [0, 0.1) is 0 Å². The lowest BCUT2D eigenvalue weighted by molar-refractivity contribution is -0.161. The number of carbonyl (C=O) groups excluding carboxylic acids is 2. The van der Waals surface area contributed by atoms with E-state index in [1.165, 1.54) is 70.6 Å². The van der Waals surface area contributed by atoms with Gasteiger partial charge in [-0.3, -0.25) is 18.6 Å². The third-order valence-corrected chi connectivity index (χ3v) is 8.78. The minimum absolute atomic E-state index is 0.0340. The van der Waals surface area contributed by atoms with Gasteiger partial charge in [-0.15, -0.1) is 0 Å². The van der Waals surface area contributed by atoms with Crippen molar-refractivity contribution in [3.05, 3.63) is 48.6 Å². The summed E-state index contributed by atoms with van der Waals surface area (Å²) in [7, 11) is -4.40. The number of phosphoric ester groups is 1. The summed E-state index contributed by atoms with van der Waals surface area (Å²) in [6.45, 7) is 3.51. The first kappa shape index (κ1) is 47.9. The molecule has 0 aliphatic heterocycles. The molecule has 0 aromatic carbocycles. The molecule has 50 heavy (non-hydrogen) atoms. The Morgan fingerprint density at radius 3 is 1.98 bits per heavy atom. The van der Waals surface area contributed by atoms with Crippen molar-refractivity contribution in [3.63, 3.8) is 0 Å². The molecular formula is C39H70NO9P. The van der Waals surface area contributed by atoms with E-state index in [1.54, 1.807) is 6.08 Å². The molecule has 0 aliphatic rings. The van der Waals surface area contributed by atoms with Gasteiger partial charge in [0.1, 0.15) is 6.61 Å². The number of unbranched alkanes of at least 4 members (excludes halogenated alkanes) is 14. The van der Waals surface area contributed by atoms with Crippen molar-refractivity contribution in [2.75, 3.05) is 26.4 Å². The Hall–Kier alpha value is -2.07. The van der Waals surface area contributed by atoms with Crippen molar-refractivity contribution in [2.24, 2.45) is 5.73 Å². The molecule has 0 saturated carbocycles. The number of rotatable bonds is 35. The Morgan fingerprint density at radius 1 is 0.700 bits per heavy atom. The van der Waals surface area contributed by atoms with Crippen LogP contribution in [0.25, 0.3) is 0 Å². The van der Waals surface area contributed by atoms with E-state index >= 15 is 0 Å². The van der Waals surface area contributed by atoms with E-state index in [4.69, 9.17) is 24.3 Å². The summed E-state index contributed by atoms with van der Waals surface area (Å²) >= 11 is 0. The predicted molar refractivity (Wildman–Crippen MR) is 202 cm³/mol. The number of nitrogens with two attached hydrogens (primary N) is 1. The first-order valence-corrected chi connectivity index (χ1v) is 20.7. The van der Waals surface area contributed by atoms with Crippen LogP contribution in [0.5, 0.6) is 0 Å². The average Bonchev–Trinajstić information content (AvgIpc) is 3.09. The second kappa shape index (κ2) is 35.3. The molecule has 0 rings (SSSR count). The maximum absolute atomic E-state index is 12.5. The maximum Gasteiger partial charge on any atom is 0.472 e. The summed E-state index contributed by atoms with van der Waals surface area (Å²) < 4.78 is 32.5. The number of ether oxygens (including phenoxy) is 2. The van der Waals surface area contributed by atoms with Gasteiger partial charge in [0.2, 0.25) is 0 Å². The third kappa shape index (κ3) is 34.4. The molecule has 0 radical (unpaired) electrons. The normalized spacial score (nSPS) is 14.6. The summed E-state index contributed by atoms with van der Waals surface area (Å²) in [6, 6.07) is 0. The van der Waals surface area contributed by atoms with E-state index in [-0.39, 0.29) is 32.6 Å². The van der Waals surface area contributed by atoms with E-state index in [0.717, 1.165) is 32.1 Å². The van der Waals surface area contributed by atoms with E-state index < -0.39 is 38.6 Å². The van der Waals surface area contributed by atoms with Gasteiger partial charge in [0.05, 0.1) is 19.3 Å². The van der Waals surface area contributed by atoms with Gasteiger partial charge in [-0.25, -0.2) is 4.57 Å². The number of aliphatic hydroxyl groups is 1. The summed E-state index contributed by atoms with van der Waals surface area (Å²) in [5.41, 5.74) is 5.32. The Morgan fingerprint density at radius 2 is 1.30 bits per heavy atom. The van der Waals surface area contributed by atoms with Gasteiger partial charge in [0.15, 0.2) is 6.10 Å². The van der Waals surface area contributed by atoms with Crippen molar-refractivity contribution < 1.29 is 42.7 Å².